The molecule has 0 aromatic carbocycles. The topological polar surface area (TPSA) is 956 Å². The molecule has 12 heterocycles. The fraction of sp³-hybridized carbons (Fsp3) is 0.950. The van der Waals surface area contributed by atoms with Gasteiger partial charge in [-0.25, -0.2) is 0 Å². The summed E-state index contributed by atoms with van der Waals surface area (Å²) in [6, 6.07) is -8.01. The normalized spacial score (nSPS) is 50.9. The molecule has 62 nitrogen and oxygen atoms in total. The molecule has 12 saturated heterocycles. The zero-order valence-electron chi connectivity index (χ0n) is 76.9. The molecule has 12 aliphatic heterocycles. The number of carbonyl (C=O) groups excluding carboxylic acids is 4. The highest BCUT2D eigenvalue weighted by Gasteiger charge is 2.64. The van der Waals surface area contributed by atoms with E-state index in [4.69, 9.17) is 109 Å². The maximum absolute atomic E-state index is 13.4. The standard InChI is InChI=1S/C80H134N4O58/c1-17-37(96)49(108)56(115)73(122-17)120-16-32-63(45(104)33(69(119)125-32)81-20(4)92)134-70-34(82-21(5)93)46(105)60(28(12-89)130-70)135-76-59(118)64(138-80-66(53(112)41(100)27(11-88)129-80)140-72-36(84-23(7)95)48(107)62(30(14-91)132-72)137-79-68(55(114)43(102)26(10-87)128-79)142-75-58(117)51(110)39(98)19(3)124-75)44(103)31(133-76)15-121-77-65(52(111)40(99)24(8-85)126-77)139-71-35(83-22(6)94)47(106)61(29(13-90)131-71)136-78-67(54(113)42(101)25(9-86)127-78)141-74-57(116)50(109)38(97)18(2)123-74/h17-19,24-80,85-91,96-119H,8-16H2,1-7H3,(H,81,92)(H,82,93)(H,83,94)(H,84,95)/t17-,18-,19-,24+,25+,26+,27+,28+,29+,30+,31+,32+,33+,34+,35+,36+,37+,38+,39+,40+,41+,42-,43-,44+,45+,46+,47+,48+,49+,50+,51+,52-,53-,54-,55-,56-,57-,58-,59-,60+,61+,62+,63+,64-,65-,66-,67+,68+,69+,70-,71-,72-,73+,74-,75-,76-,77-,78-,79-,80+/m0/s1. The second kappa shape index (κ2) is 50.3. The highest BCUT2D eigenvalue weighted by Crippen LogP contribution is 2.43. The van der Waals surface area contributed by atoms with E-state index in [-0.39, 0.29) is 0 Å². The van der Waals surface area contributed by atoms with E-state index < -0.39 is 451 Å². The first-order valence-corrected chi connectivity index (χ1v) is 45.7. The highest BCUT2D eigenvalue weighted by molar-refractivity contribution is 5.74. The molecule has 60 atom stereocenters. The molecule has 12 fully saturated rings. The lowest BCUT2D eigenvalue weighted by molar-refractivity contribution is -0.402. The lowest BCUT2D eigenvalue weighted by atomic mass is 9.93. The zero-order valence-corrected chi connectivity index (χ0v) is 76.9. The number of amides is 4. The van der Waals surface area contributed by atoms with Crippen molar-refractivity contribution in [2.24, 2.45) is 0 Å². The predicted molar refractivity (Wildman–Crippen MR) is 437 cm³/mol. The van der Waals surface area contributed by atoms with Crippen molar-refractivity contribution in [3.05, 3.63) is 0 Å². The Kier molecular flexibility index (Phi) is 41.2. The molecular formula is C80H134N4O58. The Morgan fingerprint density at radius 3 is 0.768 bits per heavy atom. The summed E-state index contributed by atoms with van der Waals surface area (Å²) >= 11 is 0. The number of nitrogens with one attached hydrogen (secondary N) is 4. The summed E-state index contributed by atoms with van der Waals surface area (Å²) in [5.41, 5.74) is 0. The van der Waals surface area contributed by atoms with Gasteiger partial charge in [-0.2, -0.15) is 0 Å². The SMILES string of the molecule is CC(=O)N[C@@H]1[C@@H](O)[C@H](O[C@@H]2O[C@H](CO)[C@@H](O[C@@H]3O[C@H](CO[C@H]4O[C@H](CO)[C@@H](O)[C@H](O)[C@@H]4O[C@@H]4O[C@H](CO)[C@@H](O[C@@H]5O[C@H](CO)[C@H](O)[C@H](O)[C@H]5O[C@@H]5O[C@@H](C)[C@@H](O)[C@@H](O)[C@@H]5O)[C@H](O)[C@H]4NC(C)=O)[C@@H](O)[C@H](O[C@H]4O[C@H](CO)[C@@H](O)[C@H](O)[C@@H]4O[C@@H]4O[C@H](CO)[C@@H](O[C@@H]5O[C@H](CO)[C@H](O)[C@H](O)[C@H]5O[C@@H]5O[C@@H](C)[C@@H](O)[C@@H](O)[C@@H]5O)[C@H](O)[C@H]4NC(C)=O)[C@@H]3O)[C@H](O)[C@H]2NC(C)=O)[C@@H](CO[C@@H]2O[C@@H](C)[C@@H](O)[C@@H](O)[C@@H]2O)O[C@H]1O. The van der Waals surface area contributed by atoms with Crippen molar-refractivity contribution in [3.8, 4) is 0 Å². The van der Waals surface area contributed by atoms with Crippen LogP contribution in [0.2, 0.25) is 0 Å². The van der Waals surface area contributed by atoms with Crippen LogP contribution in [-0.2, 0) is 128 Å². The Morgan fingerprint density at radius 1 is 0.197 bits per heavy atom. The summed E-state index contributed by atoms with van der Waals surface area (Å²) in [6.07, 6.45) is -117. The zero-order chi connectivity index (χ0) is 104. The fourth-order valence-electron chi connectivity index (χ4n) is 18.6. The summed E-state index contributed by atoms with van der Waals surface area (Å²) in [6.45, 7) is -3.08. The van der Waals surface area contributed by atoms with Crippen molar-refractivity contribution in [1.29, 1.82) is 0 Å². The minimum absolute atomic E-state index is 0.868. The minimum Gasteiger partial charge on any atom is -0.394 e. The van der Waals surface area contributed by atoms with Crippen molar-refractivity contribution < 1.29 is 286 Å². The number of aliphatic hydroxyl groups is 31. The van der Waals surface area contributed by atoms with Crippen LogP contribution >= 0.6 is 0 Å². The van der Waals surface area contributed by atoms with Gasteiger partial charge in [0, 0.05) is 27.7 Å². The van der Waals surface area contributed by atoms with Gasteiger partial charge < -0.3 is 289 Å². The van der Waals surface area contributed by atoms with Gasteiger partial charge in [0.25, 0.3) is 0 Å². The maximum Gasteiger partial charge on any atom is 0.217 e. The lowest BCUT2D eigenvalue weighted by Gasteiger charge is -2.51. The van der Waals surface area contributed by atoms with Gasteiger partial charge in [0.2, 0.25) is 23.6 Å². The number of rotatable bonds is 35. The first-order chi connectivity index (χ1) is 67.1. The van der Waals surface area contributed by atoms with Gasteiger partial charge in [-0.15, -0.1) is 0 Å². The first kappa shape index (κ1) is 116. The van der Waals surface area contributed by atoms with Gasteiger partial charge in [-0.05, 0) is 20.8 Å². The van der Waals surface area contributed by atoms with Gasteiger partial charge in [-0.3, -0.25) is 19.2 Å². The van der Waals surface area contributed by atoms with E-state index in [1.54, 1.807) is 0 Å². The lowest BCUT2D eigenvalue weighted by Crippen LogP contribution is -2.71. The fourth-order valence-corrected chi connectivity index (χ4v) is 18.6. The summed E-state index contributed by atoms with van der Waals surface area (Å²) in [4.78, 5) is 52.5. The van der Waals surface area contributed by atoms with Gasteiger partial charge in [0.05, 0.1) is 77.8 Å². The average molecular weight is 2080 g/mol. The third-order valence-corrected chi connectivity index (χ3v) is 26.6. The predicted octanol–water partition coefficient (Wildman–Crippen LogP) is -23.5. The van der Waals surface area contributed by atoms with E-state index in [0.29, 0.717) is 0 Å². The number of aliphatic hydroxyl groups excluding tert-OH is 31. The van der Waals surface area contributed by atoms with Crippen LogP contribution in [0, 0.1) is 0 Å². The molecule has 35 N–H and O–H groups in total. The van der Waals surface area contributed by atoms with Crippen LogP contribution in [0.3, 0.4) is 0 Å². The van der Waals surface area contributed by atoms with Crippen LogP contribution in [0.5, 0.6) is 0 Å². The third-order valence-electron chi connectivity index (χ3n) is 26.6. The van der Waals surface area contributed by atoms with E-state index >= 15 is 0 Å². The van der Waals surface area contributed by atoms with Crippen LogP contribution in [0.4, 0.5) is 0 Å². The average Bonchev–Trinajstić information content (AvgIpc) is 0.763. The van der Waals surface area contributed by atoms with E-state index in [1.165, 1.54) is 20.8 Å². The molecule has 0 unspecified atom stereocenters. The van der Waals surface area contributed by atoms with Gasteiger partial charge in [-0.1, -0.05) is 0 Å². The highest BCUT2D eigenvalue weighted by atomic mass is 16.8. The summed E-state index contributed by atoms with van der Waals surface area (Å²) in [7, 11) is 0. The Hall–Kier alpha value is -4.28. The Balaban J connectivity index is 0.868. The molecule has 12 aliphatic rings. The quantitative estimate of drug-likeness (QED) is 0.0280. The second-order valence-electron chi connectivity index (χ2n) is 36.6. The van der Waals surface area contributed by atoms with Crippen LogP contribution in [-0.4, -0.2) is 610 Å². The Labute approximate surface area is 805 Å². The molecule has 62 heteroatoms. The molecule has 12 rings (SSSR count). The molecule has 0 saturated carbocycles. The van der Waals surface area contributed by atoms with Gasteiger partial charge in [0.1, 0.15) is 274 Å². The second-order valence-corrected chi connectivity index (χ2v) is 36.6. The molecule has 0 aromatic rings. The van der Waals surface area contributed by atoms with Crippen molar-refractivity contribution in [2.45, 2.75) is 417 Å². The minimum atomic E-state index is -2.70. The molecule has 0 aliphatic carbocycles. The van der Waals surface area contributed by atoms with Crippen LogP contribution in [0.15, 0.2) is 0 Å². The first-order valence-electron chi connectivity index (χ1n) is 45.7. The summed E-state index contributed by atoms with van der Waals surface area (Å²) in [5, 5.41) is 360. The molecule has 4 amide bonds. The third kappa shape index (κ3) is 25.4. The largest absolute Gasteiger partial charge is 0.394 e. The molecule has 0 radical (unpaired) electrons. The van der Waals surface area contributed by atoms with E-state index in [1.807, 2.05) is 0 Å². The van der Waals surface area contributed by atoms with Crippen LogP contribution in [0.1, 0.15) is 48.5 Å². The molecule has 822 valence electrons. The van der Waals surface area contributed by atoms with Crippen LogP contribution < -0.4 is 21.3 Å². The van der Waals surface area contributed by atoms with Crippen molar-refractivity contribution in [2.75, 3.05) is 59.5 Å². The molecule has 0 spiro atoms. The smallest absolute Gasteiger partial charge is 0.217 e. The van der Waals surface area contributed by atoms with Crippen LogP contribution in [0.25, 0.3) is 0 Å². The van der Waals surface area contributed by atoms with Crippen molar-refractivity contribution in [1.82, 2.24) is 21.3 Å². The number of hydrogen-bond donors (Lipinski definition) is 35. The van der Waals surface area contributed by atoms with Crippen molar-refractivity contribution >= 4 is 23.6 Å². The Morgan fingerprint density at radius 2 is 0.430 bits per heavy atom. The van der Waals surface area contributed by atoms with E-state index in [9.17, 15) is 177 Å². The van der Waals surface area contributed by atoms with Gasteiger partial charge >= 0.3 is 0 Å². The molecule has 0 aromatic heterocycles. The number of carbonyl (C=O) groups is 4. The van der Waals surface area contributed by atoms with E-state index in [0.717, 1.165) is 27.7 Å². The summed E-state index contributed by atoms with van der Waals surface area (Å²) < 4.78 is 138. The summed E-state index contributed by atoms with van der Waals surface area (Å²) in [5.74, 6) is -3.94. The monoisotopic (exact) mass is 2080 g/mol. The van der Waals surface area contributed by atoms with Gasteiger partial charge in [0.15, 0.2) is 75.5 Å². The molecular weight excluding hydrogens is 1940 g/mol. The Bertz CT molecular complexity index is 3940. The number of ether oxygens (including phenoxy) is 23. The molecule has 0 bridgehead atoms. The number of hydrogen-bond acceptors (Lipinski definition) is 58. The maximum atomic E-state index is 13.4. The molecule has 142 heavy (non-hydrogen) atoms. The van der Waals surface area contributed by atoms with E-state index in [2.05, 4.69) is 21.3 Å². The van der Waals surface area contributed by atoms with Crippen molar-refractivity contribution in [3.63, 3.8) is 0 Å².